The van der Waals surface area contributed by atoms with Gasteiger partial charge in [-0.05, 0) is 43.4 Å². The molecule has 4 rings (SSSR count). The van der Waals surface area contributed by atoms with Crippen molar-refractivity contribution >= 4 is 27.5 Å². The van der Waals surface area contributed by atoms with Crippen LogP contribution in [0.2, 0.25) is 0 Å². The van der Waals surface area contributed by atoms with Crippen LogP contribution in [0.3, 0.4) is 0 Å². The first-order valence-electron chi connectivity index (χ1n) is 15.2. The molecule has 2 amide bonds. The molecule has 3 heterocycles. The number of para-hydroxylation sites is 1. The maximum absolute atomic E-state index is 14.5. The van der Waals surface area contributed by atoms with Gasteiger partial charge in [-0.2, -0.15) is 0 Å². The first-order chi connectivity index (χ1) is 19.5. The number of fused-ring (bicyclic) bond motifs is 1. The average Bonchev–Trinajstić information content (AvgIpc) is 3.18. The number of rotatable bonds is 5. The normalized spacial score (nSPS) is 23.6. The number of ether oxygens (including phenoxy) is 1. The summed E-state index contributed by atoms with van der Waals surface area (Å²) >= 11 is 0. The molecule has 1 aromatic rings. The molecule has 2 saturated heterocycles. The largest absolute Gasteiger partial charge is 0.381 e. The van der Waals surface area contributed by atoms with Crippen LogP contribution < -0.4 is 4.90 Å². The summed E-state index contributed by atoms with van der Waals surface area (Å²) in [4.78, 5) is 35.7. The molecule has 2 fully saturated rings. The average molecular weight is 592 g/mol. The van der Waals surface area contributed by atoms with Crippen LogP contribution in [0.15, 0.2) is 24.3 Å². The van der Waals surface area contributed by atoms with Gasteiger partial charge in [0.2, 0.25) is 21.8 Å². The third-order valence-corrected chi connectivity index (χ3v) is 9.81. The van der Waals surface area contributed by atoms with Crippen molar-refractivity contribution in [2.24, 2.45) is 11.8 Å². The first-order valence-corrected chi connectivity index (χ1v) is 17.0. The number of nitrogens with zero attached hydrogens (tertiary/aromatic N) is 5. The van der Waals surface area contributed by atoms with Gasteiger partial charge in [0.1, 0.15) is 0 Å². The van der Waals surface area contributed by atoms with Crippen LogP contribution in [0.25, 0.3) is 0 Å². The molecule has 0 aliphatic carbocycles. The van der Waals surface area contributed by atoms with Crippen molar-refractivity contribution in [3.63, 3.8) is 0 Å². The third-order valence-electron chi connectivity index (χ3n) is 8.54. The van der Waals surface area contributed by atoms with Gasteiger partial charge in [-0.3, -0.25) is 14.5 Å². The summed E-state index contributed by atoms with van der Waals surface area (Å²) in [5, 5.41) is 0. The zero-order chi connectivity index (χ0) is 29.6. The highest BCUT2D eigenvalue weighted by Gasteiger charge is 2.37. The molecule has 0 spiro atoms. The molecule has 1 unspecified atom stereocenters. The second-order valence-electron chi connectivity index (χ2n) is 12.3. The second kappa shape index (κ2) is 14.4. The van der Waals surface area contributed by atoms with Crippen LogP contribution in [-0.4, -0.2) is 124 Å². The zero-order valence-corrected chi connectivity index (χ0v) is 26.2. The third kappa shape index (κ3) is 8.73. The van der Waals surface area contributed by atoms with E-state index in [0.29, 0.717) is 58.4 Å². The molecule has 1 aromatic carbocycles. The summed E-state index contributed by atoms with van der Waals surface area (Å²) in [6.07, 6.45) is 3.87. The molecule has 11 heteroatoms. The minimum Gasteiger partial charge on any atom is -0.381 e. The Morgan fingerprint density at radius 1 is 0.976 bits per heavy atom. The van der Waals surface area contributed by atoms with Gasteiger partial charge < -0.3 is 19.4 Å². The predicted molar refractivity (Wildman–Crippen MR) is 161 cm³/mol. The van der Waals surface area contributed by atoms with Gasteiger partial charge in [0.25, 0.3) is 0 Å². The summed E-state index contributed by atoms with van der Waals surface area (Å²) in [6.45, 7) is 13.1. The molecular formula is C30H49N5O5S. The van der Waals surface area contributed by atoms with Crippen molar-refractivity contribution in [2.45, 2.75) is 52.6 Å². The SMILES string of the molecule is CC(=O)N1CCCN(CC(C)C)CCN(C(=O)C2CN(C3CCOCC3)CCN(S(C)(=O)=O)C2)Cc2ccccc21. The lowest BCUT2D eigenvalue weighted by Crippen LogP contribution is -2.48. The molecule has 1 atom stereocenters. The molecule has 3 aliphatic rings. The molecule has 41 heavy (non-hydrogen) atoms. The number of carbonyl (C=O) groups is 2. The highest BCUT2D eigenvalue weighted by molar-refractivity contribution is 7.88. The molecular weight excluding hydrogens is 542 g/mol. The van der Waals surface area contributed by atoms with Crippen molar-refractivity contribution in [2.75, 3.05) is 83.3 Å². The fraction of sp³-hybridized carbons (Fsp3) is 0.733. The van der Waals surface area contributed by atoms with E-state index in [9.17, 15) is 18.0 Å². The van der Waals surface area contributed by atoms with E-state index < -0.39 is 15.9 Å². The number of hydrogen-bond acceptors (Lipinski definition) is 7. The van der Waals surface area contributed by atoms with E-state index in [-0.39, 0.29) is 24.4 Å². The van der Waals surface area contributed by atoms with E-state index in [1.165, 1.54) is 10.6 Å². The maximum atomic E-state index is 14.5. The fourth-order valence-corrected chi connectivity index (χ4v) is 7.32. The lowest BCUT2D eigenvalue weighted by atomic mass is 10.0. The zero-order valence-electron chi connectivity index (χ0n) is 25.3. The Balaban J connectivity index is 1.66. The Hall–Kier alpha value is -2.05. The summed E-state index contributed by atoms with van der Waals surface area (Å²) in [5.74, 6) is -0.0337. The monoisotopic (exact) mass is 591 g/mol. The topological polar surface area (TPSA) is 93.7 Å². The van der Waals surface area contributed by atoms with Crippen molar-refractivity contribution in [1.29, 1.82) is 0 Å². The molecule has 0 N–H and O–H groups in total. The maximum Gasteiger partial charge on any atom is 0.228 e. The minimum atomic E-state index is -3.46. The van der Waals surface area contributed by atoms with Gasteiger partial charge in [-0.25, -0.2) is 12.7 Å². The first kappa shape index (κ1) is 31.9. The Kier molecular flexibility index (Phi) is 11.2. The van der Waals surface area contributed by atoms with Gasteiger partial charge in [-0.15, -0.1) is 0 Å². The minimum absolute atomic E-state index is 0.00958. The van der Waals surface area contributed by atoms with Crippen LogP contribution in [0.1, 0.15) is 45.6 Å². The van der Waals surface area contributed by atoms with Gasteiger partial charge in [0, 0.05) is 90.8 Å². The van der Waals surface area contributed by atoms with Crippen molar-refractivity contribution < 1.29 is 22.7 Å². The standard InChI is InChI=1S/C30H49N5O5S/c1-24(2)20-31-12-7-13-35(25(3)36)29-9-6-5-8-26(29)21-33(15-14-31)30(37)27-22-32(28-10-18-40-19-11-28)16-17-34(23-27)41(4,38)39/h5-6,8-9,24,27-28H,7,10-23H2,1-4H3. The van der Waals surface area contributed by atoms with Crippen molar-refractivity contribution in [1.82, 2.24) is 19.0 Å². The molecule has 0 aromatic heterocycles. The lowest BCUT2D eigenvalue weighted by Gasteiger charge is -2.36. The Labute approximate surface area is 246 Å². The van der Waals surface area contributed by atoms with Crippen LogP contribution in [-0.2, 0) is 30.9 Å². The Morgan fingerprint density at radius 3 is 2.39 bits per heavy atom. The number of hydrogen-bond donors (Lipinski definition) is 0. The summed E-state index contributed by atoms with van der Waals surface area (Å²) in [5.41, 5.74) is 1.78. The smallest absolute Gasteiger partial charge is 0.228 e. The van der Waals surface area contributed by atoms with Gasteiger partial charge >= 0.3 is 0 Å². The Bertz CT molecular complexity index is 1140. The summed E-state index contributed by atoms with van der Waals surface area (Å²) < 4.78 is 32.5. The lowest BCUT2D eigenvalue weighted by molar-refractivity contribution is -0.137. The fourth-order valence-electron chi connectivity index (χ4n) is 6.46. The Morgan fingerprint density at radius 2 is 1.71 bits per heavy atom. The number of amides is 2. The van der Waals surface area contributed by atoms with Crippen molar-refractivity contribution in [3.05, 3.63) is 29.8 Å². The highest BCUT2D eigenvalue weighted by atomic mass is 32.2. The van der Waals surface area contributed by atoms with Crippen LogP contribution in [0.5, 0.6) is 0 Å². The predicted octanol–water partition coefficient (Wildman–Crippen LogP) is 2.10. The number of anilines is 1. The van der Waals surface area contributed by atoms with Crippen LogP contribution >= 0.6 is 0 Å². The van der Waals surface area contributed by atoms with Crippen LogP contribution in [0, 0.1) is 11.8 Å². The van der Waals surface area contributed by atoms with E-state index in [1.807, 2.05) is 34.1 Å². The number of benzene rings is 1. The van der Waals surface area contributed by atoms with E-state index >= 15 is 0 Å². The number of sulfonamides is 1. The van der Waals surface area contributed by atoms with E-state index in [1.54, 1.807) is 6.92 Å². The molecule has 230 valence electrons. The van der Waals surface area contributed by atoms with E-state index in [0.717, 1.165) is 50.1 Å². The van der Waals surface area contributed by atoms with Crippen LogP contribution in [0.4, 0.5) is 5.69 Å². The quantitative estimate of drug-likeness (QED) is 0.518. The van der Waals surface area contributed by atoms with Crippen molar-refractivity contribution in [3.8, 4) is 0 Å². The van der Waals surface area contributed by atoms with E-state index in [4.69, 9.17) is 4.74 Å². The molecule has 10 nitrogen and oxygen atoms in total. The van der Waals surface area contributed by atoms with Gasteiger partial charge in [0.05, 0.1) is 12.2 Å². The van der Waals surface area contributed by atoms with Gasteiger partial charge in [-0.1, -0.05) is 32.0 Å². The van der Waals surface area contributed by atoms with Gasteiger partial charge in [0.15, 0.2) is 0 Å². The summed E-state index contributed by atoms with van der Waals surface area (Å²) in [7, 11) is -3.46. The second-order valence-corrected chi connectivity index (χ2v) is 14.2. The molecule has 3 aliphatic heterocycles. The highest BCUT2D eigenvalue weighted by Crippen LogP contribution is 2.26. The number of carbonyl (C=O) groups excluding carboxylic acids is 2. The summed E-state index contributed by atoms with van der Waals surface area (Å²) in [6, 6.07) is 8.14. The molecule has 0 radical (unpaired) electrons. The van der Waals surface area contributed by atoms with E-state index in [2.05, 4.69) is 23.6 Å². The molecule has 0 saturated carbocycles. The molecule has 0 bridgehead atoms.